The number of hydrogen-bond donors (Lipinski definition) is 0. The maximum atomic E-state index is 11.9. The third kappa shape index (κ3) is 4.07. The third-order valence-corrected chi connectivity index (χ3v) is 4.52. The van der Waals surface area contributed by atoms with Gasteiger partial charge in [-0.1, -0.05) is 11.6 Å². The predicted octanol–water partition coefficient (Wildman–Crippen LogP) is 4.27. The normalized spacial score (nSPS) is 11.1. The molecule has 0 aliphatic carbocycles. The summed E-state index contributed by atoms with van der Waals surface area (Å²) < 4.78 is 5.75. The molecule has 0 spiro atoms. The topological polar surface area (TPSA) is 100 Å². The zero-order valence-corrected chi connectivity index (χ0v) is 15.5. The minimum Gasteiger partial charge on any atom is -0.457 e. The average Bonchev–Trinajstić information content (AvgIpc) is 3.02. The zero-order chi connectivity index (χ0) is 18.7. The van der Waals surface area contributed by atoms with Crippen LogP contribution < -0.4 is 0 Å². The van der Waals surface area contributed by atoms with Gasteiger partial charge in [0.15, 0.2) is 0 Å². The molecule has 0 unspecified atom stereocenters. The number of likely N-dealkylation sites (N-methyl/N-ethyl adjacent to an activating group) is 1. The molecule has 1 amide bonds. The Hall–Kier alpha value is -2.63. The molecule has 0 atom stereocenters. The van der Waals surface area contributed by atoms with Crippen LogP contribution in [0, 0.1) is 21.4 Å². The lowest BCUT2D eigenvalue weighted by Gasteiger charge is -2.07. The highest BCUT2D eigenvalue weighted by molar-refractivity contribution is 9.10. The highest BCUT2D eigenvalue weighted by atomic mass is 79.9. The van der Waals surface area contributed by atoms with Gasteiger partial charge in [0.25, 0.3) is 11.6 Å². The number of nitrogens with zero attached hydrogens (tertiary/aromatic N) is 3. The zero-order valence-electron chi connectivity index (χ0n) is 13.1. The van der Waals surface area contributed by atoms with Crippen molar-refractivity contribution in [3.63, 3.8) is 0 Å². The first-order valence-electron chi connectivity index (χ1n) is 6.81. The van der Waals surface area contributed by atoms with Crippen molar-refractivity contribution in [2.75, 3.05) is 14.1 Å². The first-order chi connectivity index (χ1) is 11.7. The quantitative estimate of drug-likeness (QED) is 0.316. The van der Waals surface area contributed by atoms with E-state index >= 15 is 0 Å². The van der Waals surface area contributed by atoms with Crippen LogP contribution in [0.5, 0.6) is 0 Å². The van der Waals surface area contributed by atoms with Crippen molar-refractivity contribution in [2.45, 2.75) is 0 Å². The van der Waals surface area contributed by atoms with E-state index in [-0.39, 0.29) is 26.5 Å². The van der Waals surface area contributed by atoms with Crippen molar-refractivity contribution >= 4 is 45.2 Å². The van der Waals surface area contributed by atoms with Gasteiger partial charge in [0.05, 0.1) is 9.95 Å². The van der Waals surface area contributed by atoms with Crippen molar-refractivity contribution in [1.82, 2.24) is 4.90 Å². The second kappa shape index (κ2) is 7.51. The van der Waals surface area contributed by atoms with E-state index in [1.807, 2.05) is 6.07 Å². The number of nitro groups is 1. The Morgan fingerprint density at radius 1 is 1.44 bits per heavy atom. The summed E-state index contributed by atoms with van der Waals surface area (Å²) in [5.74, 6) is 0.129. The minimum absolute atomic E-state index is 0.0919. The number of nitro benzene ring substituents is 1. The molecule has 25 heavy (non-hydrogen) atoms. The lowest BCUT2D eigenvalue weighted by atomic mass is 10.1. The van der Waals surface area contributed by atoms with Crippen LogP contribution in [0.4, 0.5) is 5.69 Å². The number of nitriles is 1. The highest BCUT2D eigenvalue weighted by Crippen LogP contribution is 2.37. The minimum atomic E-state index is -0.563. The molecule has 1 heterocycles. The van der Waals surface area contributed by atoms with Gasteiger partial charge in [-0.2, -0.15) is 5.26 Å². The largest absolute Gasteiger partial charge is 0.457 e. The van der Waals surface area contributed by atoms with Gasteiger partial charge < -0.3 is 9.32 Å². The van der Waals surface area contributed by atoms with Gasteiger partial charge in [-0.15, -0.1) is 0 Å². The van der Waals surface area contributed by atoms with Crippen molar-refractivity contribution in [3.8, 4) is 17.4 Å². The summed E-state index contributed by atoms with van der Waals surface area (Å²) in [5.41, 5.74) is 0.110. The molecule has 0 aliphatic rings. The fraction of sp³-hybridized carbons (Fsp3) is 0.125. The standard InChI is InChI=1S/C16H11BrClN3O4/c1-20(2)16(22)10(8-19)5-11-3-4-14(25-11)9-6-12(18)15(17)13(7-9)21(23)24/h3-7H,1-2H3/b10-5-. The Morgan fingerprint density at radius 2 is 2.12 bits per heavy atom. The Balaban J connectivity index is 2.45. The van der Waals surface area contributed by atoms with Crippen LogP contribution in [-0.2, 0) is 4.79 Å². The molecule has 0 N–H and O–H groups in total. The summed E-state index contributed by atoms with van der Waals surface area (Å²) in [7, 11) is 3.06. The fourth-order valence-corrected chi connectivity index (χ4v) is 2.55. The van der Waals surface area contributed by atoms with E-state index < -0.39 is 10.8 Å². The van der Waals surface area contributed by atoms with Gasteiger partial charge in [0.1, 0.15) is 27.6 Å². The van der Waals surface area contributed by atoms with E-state index in [1.54, 1.807) is 12.1 Å². The molecule has 9 heteroatoms. The number of carbonyl (C=O) groups is 1. The second-order valence-corrected chi connectivity index (χ2v) is 6.32. The van der Waals surface area contributed by atoms with E-state index in [0.717, 1.165) is 0 Å². The summed E-state index contributed by atoms with van der Waals surface area (Å²) in [4.78, 5) is 23.6. The SMILES string of the molecule is CN(C)C(=O)/C(C#N)=C\c1ccc(-c2cc(Cl)c(Br)c([N+](=O)[O-])c2)o1. The highest BCUT2D eigenvalue weighted by Gasteiger charge is 2.19. The summed E-state index contributed by atoms with van der Waals surface area (Å²) >= 11 is 9.08. The van der Waals surface area contributed by atoms with Gasteiger partial charge in [-0.05, 0) is 34.1 Å². The molecule has 1 aromatic carbocycles. The summed E-state index contributed by atoms with van der Waals surface area (Å²) in [5, 5.41) is 20.3. The molecule has 128 valence electrons. The van der Waals surface area contributed by atoms with Crippen LogP contribution in [0.2, 0.25) is 5.02 Å². The van der Waals surface area contributed by atoms with Crippen molar-refractivity contribution in [1.29, 1.82) is 5.26 Å². The molecule has 7 nitrogen and oxygen atoms in total. The number of hydrogen-bond acceptors (Lipinski definition) is 5. The summed E-state index contributed by atoms with van der Waals surface area (Å²) in [6.45, 7) is 0. The van der Waals surface area contributed by atoms with Gasteiger partial charge >= 0.3 is 0 Å². The monoisotopic (exact) mass is 423 g/mol. The van der Waals surface area contributed by atoms with Crippen LogP contribution in [-0.4, -0.2) is 29.8 Å². The van der Waals surface area contributed by atoms with Crippen LogP contribution in [0.15, 0.2) is 38.7 Å². The molecule has 0 bridgehead atoms. The van der Waals surface area contributed by atoms with E-state index in [4.69, 9.17) is 21.3 Å². The lowest BCUT2D eigenvalue weighted by molar-refractivity contribution is -0.385. The van der Waals surface area contributed by atoms with E-state index in [1.165, 1.54) is 37.2 Å². The number of benzene rings is 1. The second-order valence-electron chi connectivity index (χ2n) is 5.12. The number of furan rings is 1. The number of carbonyl (C=O) groups excluding carboxylic acids is 1. The Bertz CT molecular complexity index is 928. The van der Waals surface area contributed by atoms with E-state index in [2.05, 4.69) is 15.9 Å². The number of rotatable bonds is 4. The summed E-state index contributed by atoms with van der Waals surface area (Å²) in [6.07, 6.45) is 1.31. The first-order valence-corrected chi connectivity index (χ1v) is 7.98. The molecule has 2 rings (SSSR count). The third-order valence-electron chi connectivity index (χ3n) is 3.16. The van der Waals surface area contributed by atoms with Gasteiger partial charge in [-0.25, -0.2) is 0 Å². The molecule has 0 radical (unpaired) electrons. The van der Waals surface area contributed by atoms with Crippen molar-refractivity contribution < 1.29 is 14.1 Å². The van der Waals surface area contributed by atoms with Gasteiger partial charge in [0.2, 0.25) is 0 Å². The van der Waals surface area contributed by atoms with Gasteiger partial charge in [-0.3, -0.25) is 14.9 Å². The Kier molecular flexibility index (Phi) is 5.62. The maximum Gasteiger partial charge on any atom is 0.285 e. The molecular formula is C16H11BrClN3O4. The maximum absolute atomic E-state index is 11.9. The van der Waals surface area contributed by atoms with Crippen LogP contribution in [0.3, 0.4) is 0 Å². The molecular weight excluding hydrogens is 414 g/mol. The van der Waals surface area contributed by atoms with E-state index in [9.17, 15) is 14.9 Å². The molecule has 0 fully saturated rings. The fourth-order valence-electron chi connectivity index (χ4n) is 1.96. The van der Waals surface area contributed by atoms with Crippen LogP contribution >= 0.6 is 27.5 Å². The van der Waals surface area contributed by atoms with Gasteiger partial charge in [0, 0.05) is 31.8 Å². The van der Waals surface area contributed by atoms with Crippen LogP contribution in [0.1, 0.15) is 5.76 Å². The van der Waals surface area contributed by atoms with Crippen molar-refractivity contribution in [2.24, 2.45) is 0 Å². The smallest absolute Gasteiger partial charge is 0.285 e. The Morgan fingerprint density at radius 3 is 2.68 bits per heavy atom. The molecule has 1 aromatic heterocycles. The van der Waals surface area contributed by atoms with E-state index in [0.29, 0.717) is 11.3 Å². The van der Waals surface area contributed by atoms with Crippen molar-refractivity contribution in [3.05, 3.63) is 55.2 Å². The predicted molar refractivity (Wildman–Crippen MR) is 95.8 cm³/mol. The average molecular weight is 425 g/mol. The molecule has 0 aliphatic heterocycles. The van der Waals surface area contributed by atoms with Crippen LogP contribution in [0.25, 0.3) is 17.4 Å². The lowest BCUT2D eigenvalue weighted by Crippen LogP contribution is -2.22. The first kappa shape index (κ1) is 18.7. The molecule has 0 saturated heterocycles. The summed E-state index contributed by atoms with van der Waals surface area (Å²) in [6, 6.07) is 7.77. The number of amides is 1. The molecule has 2 aromatic rings. The molecule has 0 saturated carbocycles. The number of halogens is 2. The Labute approximate surface area is 156 Å².